The number of halogens is 1. The fourth-order valence-corrected chi connectivity index (χ4v) is 2.61. The standard InChI is InChI=1S/C13H10BrN3O/c1-2-8-5-12(18)17(7-8)9-3-4-11-10(6-9)13(14)16-15-11/h1,3-4,6,8H,5,7H2,(H,15,16). The van der Waals surface area contributed by atoms with Crippen molar-refractivity contribution >= 4 is 38.4 Å². The number of fused-ring (bicyclic) bond motifs is 1. The Morgan fingerprint density at radius 1 is 1.56 bits per heavy atom. The molecule has 0 spiro atoms. The summed E-state index contributed by atoms with van der Waals surface area (Å²) in [4.78, 5) is 13.6. The molecule has 3 rings (SSSR count). The second-order valence-electron chi connectivity index (χ2n) is 4.31. The van der Waals surface area contributed by atoms with Crippen LogP contribution in [0.5, 0.6) is 0 Å². The molecular formula is C13H10BrN3O. The van der Waals surface area contributed by atoms with Gasteiger partial charge >= 0.3 is 0 Å². The van der Waals surface area contributed by atoms with Gasteiger partial charge in [-0.15, -0.1) is 12.3 Å². The third kappa shape index (κ3) is 1.70. The molecule has 1 atom stereocenters. The summed E-state index contributed by atoms with van der Waals surface area (Å²) in [5, 5.41) is 7.95. The van der Waals surface area contributed by atoms with Gasteiger partial charge in [0.15, 0.2) is 0 Å². The predicted octanol–water partition coefficient (Wildman–Crippen LogP) is 2.31. The van der Waals surface area contributed by atoms with E-state index in [0.29, 0.717) is 13.0 Å². The average molecular weight is 304 g/mol. The van der Waals surface area contributed by atoms with E-state index in [-0.39, 0.29) is 11.8 Å². The predicted molar refractivity (Wildman–Crippen MR) is 73.1 cm³/mol. The van der Waals surface area contributed by atoms with Crippen LogP contribution in [0, 0.1) is 18.3 Å². The zero-order valence-electron chi connectivity index (χ0n) is 9.48. The van der Waals surface area contributed by atoms with Crippen molar-refractivity contribution in [1.29, 1.82) is 0 Å². The number of nitrogens with one attached hydrogen (secondary N) is 1. The topological polar surface area (TPSA) is 49.0 Å². The highest BCUT2D eigenvalue weighted by molar-refractivity contribution is 9.10. The van der Waals surface area contributed by atoms with Gasteiger partial charge in [-0.1, -0.05) is 0 Å². The van der Waals surface area contributed by atoms with E-state index >= 15 is 0 Å². The van der Waals surface area contributed by atoms with E-state index in [0.717, 1.165) is 21.2 Å². The zero-order valence-corrected chi connectivity index (χ0v) is 11.1. The second-order valence-corrected chi connectivity index (χ2v) is 5.10. The summed E-state index contributed by atoms with van der Waals surface area (Å²) in [6, 6.07) is 5.73. The Morgan fingerprint density at radius 3 is 3.11 bits per heavy atom. The van der Waals surface area contributed by atoms with Crippen LogP contribution in [-0.2, 0) is 4.79 Å². The Balaban J connectivity index is 2.02. The normalized spacial score (nSPS) is 19.4. The third-order valence-electron chi connectivity index (χ3n) is 3.16. The highest BCUT2D eigenvalue weighted by Gasteiger charge is 2.29. The summed E-state index contributed by atoms with van der Waals surface area (Å²) in [5.74, 6) is 2.74. The summed E-state index contributed by atoms with van der Waals surface area (Å²) in [6.45, 7) is 0.594. The highest BCUT2D eigenvalue weighted by atomic mass is 79.9. The molecule has 5 heteroatoms. The molecule has 4 nitrogen and oxygen atoms in total. The number of hydrogen-bond donors (Lipinski definition) is 1. The summed E-state index contributed by atoms with van der Waals surface area (Å²) in [7, 11) is 0. The molecular weight excluding hydrogens is 294 g/mol. The quantitative estimate of drug-likeness (QED) is 0.822. The summed E-state index contributed by atoms with van der Waals surface area (Å²) < 4.78 is 0.819. The largest absolute Gasteiger partial charge is 0.311 e. The lowest BCUT2D eigenvalue weighted by atomic mass is 10.1. The van der Waals surface area contributed by atoms with E-state index in [4.69, 9.17) is 6.42 Å². The SMILES string of the molecule is C#CC1CC(=O)N(c2ccc3n[nH]c(Br)c3c2)C1. The first-order chi connectivity index (χ1) is 8.69. The molecule has 2 heterocycles. The van der Waals surface area contributed by atoms with Crippen molar-refractivity contribution in [3.63, 3.8) is 0 Å². The van der Waals surface area contributed by atoms with Crippen LogP contribution in [0.25, 0.3) is 10.9 Å². The maximum absolute atomic E-state index is 11.9. The zero-order chi connectivity index (χ0) is 12.7. The van der Waals surface area contributed by atoms with Crippen LogP contribution in [0.1, 0.15) is 6.42 Å². The summed E-state index contributed by atoms with van der Waals surface area (Å²) in [6.07, 6.45) is 5.81. The lowest BCUT2D eigenvalue weighted by Crippen LogP contribution is -2.24. The molecule has 1 saturated heterocycles. The maximum Gasteiger partial charge on any atom is 0.228 e. The van der Waals surface area contributed by atoms with Gasteiger partial charge in [-0.3, -0.25) is 9.89 Å². The van der Waals surface area contributed by atoms with Crippen molar-refractivity contribution in [3.05, 3.63) is 22.8 Å². The van der Waals surface area contributed by atoms with Crippen LogP contribution in [0.4, 0.5) is 5.69 Å². The number of carbonyl (C=O) groups is 1. The first-order valence-electron chi connectivity index (χ1n) is 5.59. The van der Waals surface area contributed by atoms with Gasteiger partial charge in [0.05, 0.1) is 5.52 Å². The highest BCUT2D eigenvalue weighted by Crippen LogP contribution is 2.29. The number of aromatic nitrogens is 2. The van der Waals surface area contributed by atoms with Crippen LogP contribution < -0.4 is 4.90 Å². The molecule has 90 valence electrons. The van der Waals surface area contributed by atoms with Crippen LogP contribution in [0.2, 0.25) is 0 Å². The number of amides is 1. The number of terminal acetylenes is 1. The first kappa shape index (κ1) is 11.3. The number of anilines is 1. The Bertz CT molecular complexity index is 670. The minimum atomic E-state index is 0.0148. The number of carbonyl (C=O) groups excluding carboxylic acids is 1. The van der Waals surface area contributed by atoms with Gasteiger partial charge in [-0.25, -0.2) is 0 Å². The number of aromatic amines is 1. The molecule has 1 unspecified atom stereocenters. The van der Waals surface area contributed by atoms with E-state index in [1.165, 1.54) is 0 Å². The molecule has 18 heavy (non-hydrogen) atoms. The number of rotatable bonds is 1. The van der Waals surface area contributed by atoms with Gasteiger partial charge in [0.25, 0.3) is 0 Å². The molecule has 1 fully saturated rings. The van der Waals surface area contributed by atoms with Crippen molar-refractivity contribution in [1.82, 2.24) is 10.2 Å². The molecule has 0 radical (unpaired) electrons. The maximum atomic E-state index is 11.9. The van der Waals surface area contributed by atoms with Gasteiger partial charge < -0.3 is 4.90 Å². The Kier molecular flexibility index (Phi) is 2.60. The molecule has 1 N–H and O–H groups in total. The Hall–Kier alpha value is -1.80. The number of nitrogens with zero attached hydrogens (tertiary/aromatic N) is 2. The monoisotopic (exact) mass is 303 g/mol. The van der Waals surface area contributed by atoms with Crippen molar-refractivity contribution in [2.45, 2.75) is 6.42 Å². The fraction of sp³-hybridized carbons (Fsp3) is 0.231. The molecule has 1 aromatic heterocycles. The van der Waals surface area contributed by atoms with Gasteiger partial charge in [-0.2, -0.15) is 5.10 Å². The first-order valence-corrected chi connectivity index (χ1v) is 6.38. The number of H-pyrrole nitrogens is 1. The van der Waals surface area contributed by atoms with Gasteiger partial charge in [0.1, 0.15) is 4.60 Å². The van der Waals surface area contributed by atoms with Crippen LogP contribution >= 0.6 is 15.9 Å². The van der Waals surface area contributed by atoms with E-state index in [9.17, 15) is 4.79 Å². The smallest absolute Gasteiger partial charge is 0.228 e. The molecule has 1 aliphatic heterocycles. The molecule has 0 bridgehead atoms. The molecule has 0 aliphatic carbocycles. The number of hydrogen-bond acceptors (Lipinski definition) is 2. The van der Waals surface area contributed by atoms with E-state index < -0.39 is 0 Å². The lowest BCUT2D eigenvalue weighted by Gasteiger charge is -2.15. The molecule has 1 aromatic carbocycles. The minimum Gasteiger partial charge on any atom is -0.311 e. The van der Waals surface area contributed by atoms with Gasteiger partial charge in [0.2, 0.25) is 5.91 Å². The lowest BCUT2D eigenvalue weighted by molar-refractivity contribution is -0.117. The molecule has 0 saturated carbocycles. The molecule has 1 amide bonds. The van der Waals surface area contributed by atoms with E-state index in [2.05, 4.69) is 32.0 Å². The van der Waals surface area contributed by atoms with Gasteiger partial charge in [0, 0.05) is 30.0 Å². The Labute approximate surface area is 112 Å². The number of benzene rings is 1. The van der Waals surface area contributed by atoms with Crippen molar-refractivity contribution in [2.75, 3.05) is 11.4 Å². The van der Waals surface area contributed by atoms with Crippen molar-refractivity contribution in [2.24, 2.45) is 5.92 Å². The minimum absolute atomic E-state index is 0.0148. The van der Waals surface area contributed by atoms with E-state index in [1.54, 1.807) is 4.90 Å². The average Bonchev–Trinajstić information content (AvgIpc) is 2.93. The van der Waals surface area contributed by atoms with Crippen LogP contribution in [-0.4, -0.2) is 22.6 Å². The third-order valence-corrected chi connectivity index (χ3v) is 3.77. The fourth-order valence-electron chi connectivity index (χ4n) is 2.20. The molecule has 1 aliphatic rings. The van der Waals surface area contributed by atoms with Crippen LogP contribution in [0.3, 0.4) is 0 Å². The molecule has 2 aromatic rings. The summed E-state index contributed by atoms with van der Waals surface area (Å²) in [5.41, 5.74) is 1.73. The van der Waals surface area contributed by atoms with Crippen molar-refractivity contribution < 1.29 is 4.79 Å². The second kappa shape index (κ2) is 4.14. The van der Waals surface area contributed by atoms with E-state index in [1.807, 2.05) is 18.2 Å². The van der Waals surface area contributed by atoms with Crippen molar-refractivity contribution in [3.8, 4) is 12.3 Å². The van der Waals surface area contributed by atoms with Gasteiger partial charge in [-0.05, 0) is 34.1 Å². The summed E-state index contributed by atoms with van der Waals surface area (Å²) >= 11 is 3.40. The Morgan fingerprint density at radius 2 is 2.39 bits per heavy atom. The van der Waals surface area contributed by atoms with Crippen LogP contribution in [0.15, 0.2) is 22.8 Å².